The molecule has 0 spiro atoms. The van der Waals surface area contributed by atoms with E-state index in [1.165, 1.54) is 24.9 Å². The minimum Gasteiger partial charge on any atom is -0.382 e. The molecule has 1 N–H and O–H groups in total. The summed E-state index contributed by atoms with van der Waals surface area (Å²) in [7, 11) is 1.53. The van der Waals surface area contributed by atoms with E-state index in [0.717, 1.165) is 12.1 Å². The summed E-state index contributed by atoms with van der Waals surface area (Å²) in [5.41, 5.74) is 2.26. The Hall–Kier alpha value is -1.18. The van der Waals surface area contributed by atoms with Crippen molar-refractivity contribution in [2.24, 2.45) is 0 Å². The molecule has 0 saturated carbocycles. The van der Waals surface area contributed by atoms with E-state index in [9.17, 15) is 13.6 Å². The number of halogens is 2. The second-order valence-corrected chi connectivity index (χ2v) is 4.71. The molecule has 1 rings (SSSR count). The standard InChI is InChI=1S/C12H15F2NO3S/c1-17-5-6-18-15-12(16)4-7-19-9-2-3-10(13)11(14)8-9/h2-3,8H,4-7H2,1H3,(H,15,16). The van der Waals surface area contributed by atoms with E-state index >= 15 is 0 Å². The summed E-state index contributed by atoms with van der Waals surface area (Å²) in [6.45, 7) is 0.669. The third-order valence-corrected chi connectivity index (χ3v) is 3.06. The number of hydroxylamine groups is 1. The van der Waals surface area contributed by atoms with Crippen LogP contribution in [0.5, 0.6) is 0 Å². The van der Waals surface area contributed by atoms with Crippen LogP contribution in [0.2, 0.25) is 0 Å². The first kappa shape index (κ1) is 15.9. The predicted molar refractivity (Wildman–Crippen MR) is 67.7 cm³/mol. The average molecular weight is 291 g/mol. The van der Waals surface area contributed by atoms with Gasteiger partial charge in [-0.1, -0.05) is 0 Å². The third kappa shape index (κ3) is 6.51. The fourth-order valence-corrected chi connectivity index (χ4v) is 2.01. The van der Waals surface area contributed by atoms with Crippen molar-refractivity contribution in [3.63, 3.8) is 0 Å². The quantitative estimate of drug-likeness (QED) is 0.453. The van der Waals surface area contributed by atoms with E-state index in [1.54, 1.807) is 0 Å². The molecule has 4 nitrogen and oxygen atoms in total. The Labute approximate surface area is 114 Å². The maximum Gasteiger partial charge on any atom is 0.244 e. The Balaban J connectivity index is 2.18. The molecule has 1 amide bonds. The highest BCUT2D eigenvalue weighted by molar-refractivity contribution is 7.99. The number of hydrogen-bond acceptors (Lipinski definition) is 4. The van der Waals surface area contributed by atoms with Gasteiger partial charge in [-0.25, -0.2) is 14.3 Å². The molecule has 0 aliphatic heterocycles. The van der Waals surface area contributed by atoms with Crippen LogP contribution in [0.15, 0.2) is 23.1 Å². The smallest absolute Gasteiger partial charge is 0.244 e. The molecule has 7 heteroatoms. The minimum atomic E-state index is -0.891. The van der Waals surface area contributed by atoms with Crippen molar-refractivity contribution in [1.29, 1.82) is 0 Å². The largest absolute Gasteiger partial charge is 0.382 e. The molecule has 0 aliphatic rings. The van der Waals surface area contributed by atoms with E-state index < -0.39 is 11.6 Å². The van der Waals surface area contributed by atoms with Gasteiger partial charge in [-0.3, -0.25) is 9.63 Å². The molecule has 106 valence electrons. The number of amides is 1. The number of hydrogen-bond donors (Lipinski definition) is 1. The molecule has 1 aromatic rings. The molecule has 0 aliphatic carbocycles. The first-order valence-electron chi connectivity index (χ1n) is 5.61. The zero-order valence-electron chi connectivity index (χ0n) is 10.4. The Morgan fingerprint density at radius 3 is 2.79 bits per heavy atom. The predicted octanol–water partition coefficient (Wildman–Crippen LogP) is 2.14. The van der Waals surface area contributed by atoms with Crippen molar-refractivity contribution in [1.82, 2.24) is 5.48 Å². The lowest BCUT2D eigenvalue weighted by Crippen LogP contribution is -2.25. The van der Waals surface area contributed by atoms with Gasteiger partial charge in [0.25, 0.3) is 0 Å². The van der Waals surface area contributed by atoms with Crippen molar-refractivity contribution < 1.29 is 23.1 Å². The monoisotopic (exact) mass is 291 g/mol. The Morgan fingerprint density at radius 2 is 2.11 bits per heavy atom. The van der Waals surface area contributed by atoms with E-state index in [2.05, 4.69) is 5.48 Å². The summed E-state index contributed by atoms with van der Waals surface area (Å²) in [6.07, 6.45) is 0.219. The van der Waals surface area contributed by atoms with Gasteiger partial charge >= 0.3 is 0 Å². The number of carbonyl (C=O) groups is 1. The van der Waals surface area contributed by atoms with Crippen molar-refractivity contribution in [2.75, 3.05) is 26.1 Å². The molecule has 0 radical (unpaired) electrons. The van der Waals surface area contributed by atoms with Crippen LogP contribution in [-0.4, -0.2) is 32.0 Å². The molecular weight excluding hydrogens is 276 g/mol. The van der Waals surface area contributed by atoms with Crippen LogP contribution in [0.25, 0.3) is 0 Å². The van der Waals surface area contributed by atoms with E-state index in [4.69, 9.17) is 9.57 Å². The molecule has 19 heavy (non-hydrogen) atoms. The van der Waals surface area contributed by atoms with Gasteiger partial charge in [0.05, 0.1) is 13.2 Å². The number of thioether (sulfide) groups is 1. The van der Waals surface area contributed by atoms with Gasteiger partial charge in [-0.15, -0.1) is 11.8 Å². The zero-order valence-corrected chi connectivity index (χ0v) is 11.3. The van der Waals surface area contributed by atoms with Crippen LogP contribution < -0.4 is 5.48 Å². The summed E-state index contributed by atoms with van der Waals surface area (Å²) in [5, 5.41) is 0. The van der Waals surface area contributed by atoms with Gasteiger partial charge < -0.3 is 4.74 Å². The Bertz CT molecular complexity index is 418. The topological polar surface area (TPSA) is 47.6 Å². The minimum absolute atomic E-state index is 0.219. The molecule has 0 heterocycles. The van der Waals surface area contributed by atoms with Crippen LogP contribution in [0.4, 0.5) is 8.78 Å². The summed E-state index contributed by atoms with van der Waals surface area (Å²) >= 11 is 1.27. The van der Waals surface area contributed by atoms with Gasteiger partial charge in [-0.05, 0) is 18.2 Å². The fourth-order valence-electron chi connectivity index (χ4n) is 1.14. The van der Waals surface area contributed by atoms with Crippen molar-refractivity contribution in [2.45, 2.75) is 11.3 Å². The Kier molecular flexibility index (Phi) is 7.39. The van der Waals surface area contributed by atoms with Gasteiger partial charge in [0, 0.05) is 24.2 Å². The summed E-state index contributed by atoms with van der Waals surface area (Å²) in [5.74, 6) is -1.60. The first-order valence-corrected chi connectivity index (χ1v) is 6.59. The van der Waals surface area contributed by atoms with Crippen LogP contribution in [0.3, 0.4) is 0 Å². The molecule has 1 aromatic carbocycles. The van der Waals surface area contributed by atoms with Crippen LogP contribution >= 0.6 is 11.8 Å². The molecule has 0 saturated heterocycles. The van der Waals surface area contributed by atoms with Crippen molar-refractivity contribution in [3.8, 4) is 0 Å². The summed E-state index contributed by atoms with van der Waals surface area (Å²) in [6, 6.07) is 3.63. The molecule has 0 bridgehead atoms. The van der Waals surface area contributed by atoms with Gasteiger partial charge in [0.15, 0.2) is 11.6 Å². The first-order chi connectivity index (χ1) is 9.13. The number of carbonyl (C=O) groups excluding carboxylic acids is 1. The lowest BCUT2D eigenvalue weighted by atomic mass is 10.3. The lowest BCUT2D eigenvalue weighted by Gasteiger charge is -2.05. The molecular formula is C12H15F2NO3S. The van der Waals surface area contributed by atoms with E-state index in [-0.39, 0.29) is 18.9 Å². The highest BCUT2D eigenvalue weighted by Crippen LogP contribution is 2.20. The Morgan fingerprint density at radius 1 is 1.32 bits per heavy atom. The molecule has 0 unspecified atom stereocenters. The highest BCUT2D eigenvalue weighted by Gasteiger charge is 2.05. The molecule has 0 aromatic heterocycles. The van der Waals surface area contributed by atoms with Crippen LogP contribution in [-0.2, 0) is 14.4 Å². The van der Waals surface area contributed by atoms with E-state index in [1.807, 2.05) is 0 Å². The zero-order chi connectivity index (χ0) is 14.1. The van der Waals surface area contributed by atoms with Crippen LogP contribution in [0.1, 0.15) is 6.42 Å². The number of rotatable bonds is 8. The van der Waals surface area contributed by atoms with Crippen molar-refractivity contribution in [3.05, 3.63) is 29.8 Å². The van der Waals surface area contributed by atoms with Gasteiger partial charge in [0.2, 0.25) is 5.91 Å². The molecule has 0 fully saturated rings. The van der Waals surface area contributed by atoms with Gasteiger partial charge in [0.1, 0.15) is 0 Å². The summed E-state index contributed by atoms with van der Waals surface area (Å²) in [4.78, 5) is 16.7. The lowest BCUT2D eigenvalue weighted by molar-refractivity contribution is -0.134. The summed E-state index contributed by atoms with van der Waals surface area (Å²) < 4.78 is 30.3. The third-order valence-electron chi connectivity index (χ3n) is 2.06. The number of methoxy groups -OCH3 is 1. The second-order valence-electron chi connectivity index (χ2n) is 3.54. The van der Waals surface area contributed by atoms with Gasteiger partial charge in [-0.2, -0.15) is 0 Å². The normalized spacial score (nSPS) is 10.5. The number of nitrogens with one attached hydrogen (secondary N) is 1. The molecule has 0 atom stereocenters. The van der Waals surface area contributed by atoms with Crippen LogP contribution in [0, 0.1) is 11.6 Å². The SMILES string of the molecule is COCCONC(=O)CCSc1ccc(F)c(F)c1. The fraction of sp³-hybridized carbons (Fsp3) is 0.417. The average Bonchev–Trinajstić information content (AvgIpc) is 2.39. The highest BCUT2D eigenvalue weighted by atomic mass is 32.2. The maximum absolute atomic E-state index is 12.9. The number of benzene rings is 1. The number of ether oxygens (including phenoxy) is 1. The second kappa shape index (κ2) is 8.84. The van der Waals surface area contributed by atoms with E-state index in [0.29, 0.717) is 17.3 Å². The van der Waals surface area contributed by atoms with Crippen molar-refractivity contribution >= 4 is 17.7 Å². The maximum atomic E-state index is 12.9.